The third-order valence-corrected chi connectivity index (χ3v) is 7.29. The average molecular weight is 479 g/mol. The van der Waals surface area contributed by atoms with Gasteiger partial charge in [-0.2, -0.15) is 0 Å². The minimum absolute atomic E-state index is 0.0816. The molecule has 5 heteroatoms. The topological polar surface area (TPSA) is 51.0 Å². The van der Waals surface area contributed by atoms with Gasteiger partial charge in [-0.1, -0.05) is 48.5 Å². The Kier molecular flexibility index (Phi) is 3.90. The zero-order valence-corrected chi connectivity index (χ0v) is 19.5. The second-order valence-electron chi connectivity index (χ2n) is 9.26. The van der Waals surface area contributed by atoms with Crippen molar-refractivity contribution in [3.8, 4) is 11.5 Å². The number of aromatic nitrogens is 1. The Labute approximate surface area is 210 Å². The van der Waals surface area contributed by atoms with Crippen LogP contribution in [0.1, 0.15) is 0 Å². The zero-order chi connectivity index (χ0) is 24.7. The lowest BCUT2D eigenvalue weighted by molar-refractivity contribution is 0.481. The van der Waals surface area contributed by atoms with Crippen LogP contribution >= 0.6 is 0 Å². The molecular formula is C32H18N2O3. The standard InChI is InChI=1S/C32H18N2O3/c35-30-20-11-4-5-14-24(20)34-28-21(30)12-8-13-22(28)31(36)23-17-18-26-32(29(23)34)37-27-16-7-6-15-25(27)33(26)19-9-2-1-3-10-19/h1-18H. The van der Waals surface area contributed by atoms with E-state index in [1.165, 1.54) is 0 Å². The molecule has 0 fully saturated rings. The van der Waals surface area contributed by atoms with Gasteiger partial charge in [0.25, 0.3) is 0 Å². The summed E-state index contributed by atoms with van der Waals surface area (Å²) < 4.78 is 8.64. The van der Waals surface area contributed by atoms with Gasteiger partial charge in [0, 0.05) is 21.8 Å². The SMILES string of the molecule is O=c1c2ccccc2n2c3c4c(ccc3c(=O)c3cccc1c32)N(c1ccccc1)c1ccccc1O4. The molecule has 0 aliphatic carbocycles. The van der Waals surface area contributed by atoms with Gasteiger partial charge in [0.2, 0.25) is 0 Å². The Morgan fingerprint density at radius 3 is 2.00 bits per heavy atom. The van der Waals surface area contributed by atoms with E-state index < -0.39 is 0 Å². The Morgan fingerprint density at radius 1 is 0.514 bits per heavy atom. The van der Waals surface area contributed by atoms with Crippen LogP contribution in [0.5, 0.6) is 11.5 Å². The summed E-state index contributed by atoms with van der Waals surface area (Å²) in [6.45, 7) is 0. The van der Waals surface area contributed by atoms with Gasteiger partial charge in [0.15, 0.2) is 22.4 Å². The zero-order valence-electron chi connectivity index (χ0n) is 19.5. The van der Waals surface area contributed by atoms with Crippen LogP contribution in [0, 0.1) is 0 Å². The highest BCUT2D eigenvalue weighted by Crippen LogP contribution is 2.52. The van der Waals surface area contributed by atoms with E-state index in [4.69, 9.17) is 4.74 Å². The van der Waals surface area contributed by atoms with Gasteiger partial charge in [0.05, 0.1) is 27.8 Å². The van der Waals surface area contributed by atoms with Crippen LogP contribution in [0.2, 0.25) is 0 Å². The van der Waals surface area contributed by atoms with E-state index in [1.54, 1.807) is 18.2 Å². The van der Waals surface area contributed by atoms with Crippen molar-refractivity contribution < 1.29 is 4.74 Å². The first-order valence-electron chi connectivity index (χ1n) is 12.1. The molecule has 0 saturated carbocycles. The van der Waals surface area contributed by atoms with Gasteiger partial charge in [-0.05, 0) is 60.7 Å². The van der Waals surface area contributed by atoms with Crippen molar-refractivity contribution in [2.24, 2.45) is 0 Å². The maximum absolute atomic E-state index is 13.8. The Balaban J connectivity index is 1.64. The van der Waals surface area contributed by atoms with Crippen LogP contribution in [0.25, 0.3) is 38.1 Å². The molecule has 0 unspecified atom stereocenters. The molecule has 0 N–H and O–H groups in total. The number of nitrogens with zero attached hydrogens (tertiary/aromatic N) is 2. The molecule has 7 aromatic rings. The molecule has 5 aromatic carbocycles. The van der Waals surface area contributed by atoms with E-state index in [2.05, 4.69) is 17.0 Å². The maximum Gasteiger partial charge on any atom is 0.197 e. The Hall–Kier alpha value is -5.16. The number of fused-ring (bicyclic) bond motifs is 7. The van der Waals surface area contributed by atoms with Crippen LogP contribution in [-0.2, 0) is 0 Å². The molecule has 5 nitrogen and oxygen atoms in total. The number of para-hydroxylation sites is 5. The van der Waals surface area contributed by atoms with E-state index in [0.717, 1.165) is 22.6 Å². The summed E-state index contributed by atoms with van der Waals surface area (Å²) in [7, 11) is 0. The Morgan fingerprint density at radius 2 is 1.16 bits per heavy atom. The number of benzene rings is 5. The molecule has 0 atom stereocenters. The predicted octanol–water partition coefficient (Wildman–Crippen LogP) is 7.13. The van der Waals surface area contributed by atoms with E-state index in [0.29, 0.717) is 44.1 Å². The van der Waals surface area contributed by atoms with Crippen LogP contribution in [0.4, 0.5) is 17.1 Å². The normalized spacial score (nSPS) is 12.7. The van der Waals surface area contributed by atoms with Crippen molar-refractivity contribution in [2.75, 3.05) is 4.90 Å². The molecule has 0 bridgehead atoms. The van der Waals surface area contributed by atoms with Crippen LogP contribution in [-0.4, -0.2) is 4.40 Å². The summed E-state index contributed by atoms with van der Waals surface area (Å²) in [5.74, 6) is 1.28. The number of anilines is 3. The van der Waals surface area contributed by atoms with E-state index in [1.807, 2.05) is 83.3 Å². The van der Waals surface area contributed by atoms with Gasteiger partial charge in [-0.25, -0.2) is 0 Å². The van der Waals surface area contributed by atoms with Crippen molar-refractivity contribution in [3.63, 3.8) is 0 Å². The second kappa shape index (κ2) is 7.18. The fraction of sp³-hybridized carbons (Fsp3) is 0. The van der Waals surface area contributed by atoms with Gasteiger partial charge >= 0.3 is 0 Å². The smallest absolute Gasteiger partial charge is 0.197 e. The summed E-state index contributed by atoms with van der Waals surface area (Å²) in [5.41, 5.74) is 4.53. The first-order chi connectivity index (χ1) is 18.2. The lowest BCUT2D eigenvalue weighted by Gasteiger charge is -2.33. The van der Waals surface area contributed by atoms with Crippen molar-refractivity contribution in [1.29, 1.82) is 0 Å². The van der Waals surface area contributed by atoms with E-state index >= 15 is 0 Å². The number of hydrogen-bond donors (Lipinski definition) is 0. The quantitative estimate of drug-likeness (QED) is 0.186. The van der Waals surface area contributed by atoms with E-state index in [9.17, 15) is 9.59 Å². The molecule has 8 rings (SSSR count). The highest BCUT2D eigenvalue weighted by atomic mass is 16.5. The fourth-order valence-corrected chi connectivity index (χ4v) is 5.72. The summed E-state index contributed by atoms with van der Waals surface area (Å²) in [4.78, 5) is 29.5. The molecule has 0 spiro atoms. The molecule has 174 valence electrons. The first-order valence-corrected chi connectivity index (χ1v) is 12.1. The third kappa shape index (κ3) is 2.57. The van der Waals surface area contributed by atoms with Gasteiger partial charge in [-0.3, -0.25) is 9.59 Å². The summed E-state index contributed by atoms with van der Waals surface area (Å²) in [5, 5.41) is 2.17. The number of ether oxygens (including phenoxy) is 1. The van der Waals surface area contributed by atoms with Gasteiger partial charge in [-0.15, -0.1) is 0 Å². The number of pyridine rings is 2. The van der Waals surface area contributed by atoms with Gasteiger partial charge < -0.3 is 14.0 Å². The number of hydrogen-bond acceptors (Lipinski definition) is 4. The minimum Gasteiger partial charge on any atom is -0.451 e. The summed E-state index contributed by atoms with van der Waals surface area (Å²) >= 11 is 0. The summed E-state index contributed by atoms with van der Waals surface area (Å²) in [6.07, 6.45) is 0. The molecule has 37 heavy (non-hydrogen) atoms. The largest absolute Gasteiger partial charge is 0.451 e. The first kappa shape index (κ1) is 20.1. The molecule has 1 aliphatic heterocycles. The molecule has 0 radical (unpaired) electrons. The Bertz CT molecular complexity index is 2150. The predicted molar refractivity (Wildman–Crippen MR) is 148 cm³/mol. The highest BCUT2D eigenvalue weighted by molar-refractivity contribution is 6.10. The summed E-state index contributed by atoms with van der Waals surface area (Å²) in [6, 6.07) is 34.7. The molecule has 2 aromatic heterocycles. The van der Waals surface area contributed by atoms with Crippen molar-refractivity contribution >= 4 is 55.2 Å². The molecule has 0 saturated heterocycles. The van der Waals surface area contributed by atoms with Crippen molar-refractivity contribution in [1.82, 2.24) is 4.40 Å². The van der Waals surface area contributed by atoms with Crippen LogP contribution in [0.3, 0.4) is 0 Å². The fourth-order valence-electron chi connectivity index (χ4n) is 5.72. The van der Waals surface area contributed by atoms with Crippen LogP contribution in [0.15, 0.2) is 119 Å². The highest BCUT2D eigenvalue weighted by Gasteiger charge is 2.29. The van der Waals surface area contributed by atoms with E-state index in [-0.39, 0.29) is 10.9 Å². The van der Waals surface area contributed by atoms with Crippen molar-refractivity contribution in [2.45, 2.75) is 0 Å². The molecule has 1 aliphatic rings. The second-order valence-corrected chi connectivity index (χ2v) is 9.26. The molecule has 0 amide bonds. The van der Waals surface area contributed by atoms with Gasteiger partial charge in [0.1, 0.15) is 5.52 Å². The third-order valence-electron chi connectivity index (χ3n) is 7.29. The lowest BCUT2D eigenvalue weighted by Crippen LogP contribution is -2.19. The molecular weight excluding hydrogens is 460 g/mol. The number of rotatable bonds is 1. The average Bonchev–Trinajstić information content (AvgIpc) is 2.96. The maximum atomic E-state index is 13.8. The van der Waals surface area contributed by atoms with Crippen molar-refractivity contribution in [3.05, 3.63) is 130 Å². The van der Waals surface area contributed by atoms with Crippen LogP contribution < -0.4 is 20.5 Å². The molecule has 3 heterocycles. The minimum atomic E-state index is -0.119. The lowest BCUT2D eigenvalue weighted by atomic mass is 10.0. The monoisotopic (exact) mass is 478 g/mol.